The highest BCUT2D eigenvalue weighted by atomic mass is 35.5. The number of carbonyl (C=O) groups excluding carboxylic acids is 1. The minimum absolute atomic E-state index is 0.0614. The van der Waals surface area contributed by atoms with Crippen molar-refractivity contribution in [2.45, 2.75) is 25.3 Å². The number of hydrogen-bond acceptors (Lipinski definition) is 2. The van der Waals surface area contributed by atoms with Crippen LogP contribution < -0.4 is 0 Å². The van der Waals surface area contributed by atoms with Gasteiger partial charge in [0.2, 0.25) is 0 Å². The Hall–Kier alpha value is -1.20. The molecule has 1 saturated carbocycles. The Morgan fingerprint density at radius 3 is 2.53 bits per heavy atom. The number of hydrogen-bond donors (Lipinski definition) is 1. The van der Waals surface area contributed by atoms with Gasteiger partial charge in [-0.3, -0.25) is 9.59 Å². The molecule has 1 N–H and O–H groups in total. The van der Waals surface area contributed by atoms with E-state index in [4.69, 9.17) is 28.3 Å². The first kappa shape index (κ1) is 14.2. The Balaban J connectivity index is 2.19. The highest BCUT2D eigenvalue weighted by Crippen LogP contribution is 2.31. The largest absolute Gasteiger partial charge is 0.481 e. The Labute approximate surface area is 120 Å². The third kappa shape index (κ3) is 3.04. The summed E-state index contributed by atoms with van der Waals surface area (Å²) in [4.78, 5) is 24.7. The van der Waals surface area contributed by atoms with Gasteiger partial charge in [0.25, 0.3) is 5.91 Å². The first-order chi connectivity index (χ1) is 8.91. The molecule has 0 spiro atoms. The third-order valence-corrected chi connectivity index (χ3v) is 3.99. The molecule has 5 nitrogen and oxygen atoms in total. The van der Waals surface area contributed by atoms with Crippen molar-refractivity contribution in [3.63, 3.8) is 0 Å². The van der Waals surface area contributed by atoms with Gasteiger partial charge < -0.3 is 14.6 Å². The van der Waals surface area contributed by atoms with E-state index in [9.17, 15) is 9.59 Å². The summed E-state index contributed by atoms with van der Waals surface area (Å²) in [6.07, 6.45) is 1.77. The fraction of sp³-hybridized carbons (Fsp3) is 0.500. The Kier molecular flexibility index (Phi) is 4.06. The molecular weight excluding hydrogens is 291 g/mol. The average molecular weight is 305 g/mol. The number of carbonyl (C=O) groups is 2. The van der Waals surface area contributed by atoms with Crippen LogP contribution in [0.25, 0.3) is 0 Å². The number of aromatic nitrogens is 1. The minimum atomic E-state index is -0.915. The molecule has 0 aromatic carbocycles. The van der Waals surface area contributed by atoms with E-state index in [-0.39, 0.29) is 24.9 Å². The van der Waals surface area contributed by atoms with Crippen LogP contribution in [0, 0.1) is 0 Å². The van der Waals surface area contributed by atoms with Gasteiger partial charge >= 0.3 is 5.97 Å². The summed E-state index contributed by atoms with van der Waals surface area (Å²) in [5.74, 6) is -1.14. The second-order valence-electron chi connectivity index (χ2n) is 4.60. The number of amides is 1. The van der Waals surface area contributed by atoms with Crippen molar-refractivity contribution in [3.8, 4) is 0 Å². The van der Waals surface area contributed by atoms with Crippen LogP contribution in [0.5, 0.6) is 0 Å². The topological polar surface area (TPSA) is 62.5 Å². The fourth-order valence-corrected chi connectivity index (χ4v) is 2.32. The number of nitrogens with zero attached hydrogens (tertiary/aromatic N) is 2. The normalized spacial score (nSPS) is 14.5. The molecule has 1 aliphatic carbocycles. The molecule has 2 rings (SSSR count). The molecule has 1 amide bonds. The predicted molar refractivity (Wildman–Crippen MR) is 71.7 cm³/mol. The van der Waals surface area contributed by atoms with Crippen LogP contribution in [-0.2, 0) is 11.8 Å². The number of carboxylic acids is 1. The van der Waals surface area contributed by atoms with Crippen LogP contribution in [0.1, 0.15) is 29.8 Å². The molecule has 1 heterocycles. The molecule has 0 radical (unpaired) electrons. The zero-order valence-corrected chi connectivity index (χ0v) is 11.9. The average Bonchev–Trinajstić information content (AvgIpc) is 3.14. The van der Waals surface area contributed by atoms with Gasteiger partial charge in [0.1, 0.15) is 10.8 Å². The van der Waals surface area contributed by atoms with E-state index in [0.29, 0.717) is 15.9 Å². The maximum absolute atomic E-state index is 12.4. The number of aliphatic carboxylic acids is 1. The predicted octanol–water partition coefficient (Wildman–Crippen LogP) is 2.41. The molecule has 1 aromatic heterocycles. The zero-order chi connectivity index (χ0) is 14.2. The highest BCUT2D eigenvalue weighted by Gasteiger charge is 2.34. The van der Waals surface area contributed by atoms with E-state index >= 15 is 0 Å². The van der Waals surface area contributed by atoms with E-state index in [0.717, 1.165) is 12.8 Å². The van der Waals surface area contributed by atoms with Crippen LogP contribution in [0.3, 0.4) is 0 Å². The summed E-state index contributed by atoms with van der Waals surface area (Å²) in [6, 6.07) is 1.65. The van der Waals surface area contributed by atoms with Gasteiger partial charge in [0.15, 0.2) is 0 Å². The molecule has 1 aliphatic rings. The Morgan fingerprint density at radius 1 is 1.47 bits per heavy atom. The first-order valence-electron chi connectivity index (χ1n) is 5.95. The number of carboxylic acid groups (broad SMARTS) is 1. The first-order valence-corrected chi connectivity index (χ1v) is 6.71. The van der Waals surface area contributed by atoms with Crippen molar-refractivity contribution in [1.29, 1.82) is 0 Å². The van der Waals surface area contributed by atoms with Gasteiger partial charge in [-0.1, -0.05) is 23.2 Å². The minimum Gasteiger partial charge on any atom is -0.481 e. The van der Waals surface area contributed by atoms with Crippen molar-refractivity contribution in [2.24, 2.45) is 7.05 Å². The van der Waals surface area contributed by atoms with Gasteiger partial charge in [-0.05, 0) is 18.9 Å². The second-order valence-corrected chi connectivity index (χ2v) is 5.37. The van der Waals surface area contributed by atoms with Gasteiger partial charge in [0.05, 0.1) is 11.4 Å². The van der Waals surface area contributed by atoms with Gasteiger partial charge in [-0.15, -0.1) is 0 Å². The highest BCUT2D eigenvalue weighted by molar-refractivity contribution is 6.41. The number of halogens is 2. The van der Waals surface area contributed by atoms with Crippen molar-refractivity contribution >= 4 is 35.1 Å². The van der Waals surface area contributed by atoms with E-state index in [1.165, 1.54) is 10.6 Å². The zero-order valence-electron chi connectivity index (χ0n) is 10.4. The molecular formula is C12H14Cl2N2O3. The van der Waals surface area contributed by atoms with Crippen molar-refractivity contribution < 1.29 is 14.7 Å². The third-order valence-electron chi connectivity index (χ3n) is 3.15. The molecule has 19 heavy (non-hydrogen) atoms. The molecule has 0 atom stereocenters. The van der Waals surface area contributed by atoms with Crippen LogP contribution in [0.4, 0.5) is 0 Å². The van der Waals surface area contributed by atoms with E-state index in [2.05, 4.69) is 0 Å². The van der Waals surface area contributed by atoms with Gasteiger partial charge in [-0.25, -0.2) is 0 Å². The molecule has 1 aromatic rings. The van der Waals surface area contributed by atoms with Crippen molar-refractivity contribution in [1.82, 2.24) is 9.47 Å². The molecule has 0 bridgehead atoms. The summed E-state index contributed by atoms with van der Waals surface area (Å²) in [5, 5.41) is 9.36. The van der Waals surface area contributed by atoms with Crippen molar-refractivity contribution in [2.75, 3.05) is 6.54 Å². The lowest BCUT2D eigenvalue weighted by Crippen LogP contribution is -2.36. The molecule has 104 valence electrons. The smallest absolute Gasteiger partial charge is 0.305 e. The van der Waals surface area contributed by atoms with Gasteiger partial charge in [-0.2, -0.15) is 0 Å². The van der Waals surface area contributed by atoms with E-state index in [1.54, 1.807) is 11.9 Å². The van der Waals surface area contributed by atoms with Crippen LogP contribution in [-0.4, -0.2) is 39.0 Å². The molecule has 0 saturated heterocycles. The van der Waals surface area contributed by atoms with Crippen LogP contribution in [0.2, 0.25) is 10.2 Å². The summed E-state index contributed by atoms with van der Waals surface area (Å²) in [5.41, 5.74) is 0.382. The molecule has 7 heteroatoms. The SMILES string of the molecule is Cn1c(C(=O)N(CCC(=O)O)C2CC2)cc(Cl)c1Cl. The monoisotopic (exact) mass is 304 g/mol. The summed E-state index contributed by atoms with van der Waals surface area (Å²) in [7, 11) is 1.66. The summed E-state index contributed by atoms with van der Waals surface area (Å²) >= 11 is 11.8. The van der Waals surface area contributed by atoms with Gasteiger partial charge in [0, 0.05) is 19.6 Å². The van der Waals surface area contributed by atoms with Crippen LogP contribution in [0.15, 0.2) is 6.07 Å². The lowest BCUT2D eigenvalue weighted by atomic mass is 10.3. The van der Waals surface area contributed by atoms with Crippen LogP contribution >= 0.6 is 23.2 Å². The lowest BCUT2D eigenvalue weighted by Gasteiger charge is -2.21. The van der Waals surface area contributed by atoms with Crippen molar-refractivity contribution in [3.05, 3.63) is 21.9 Å². The molecule has 0 unspecified atom stereocenters. The fourth-order valence-electron chi connectivity index (χ4n) is 1.95. The second kappa shape index (κ2) is 5.43. The van der Waals surface area contributed by atoms with E-state index in [1.807, 2.05) is 0 Å². The number of rotatable bonds is 5. The Morgan fingerprint density at radius 2 is 2.11 bits per heavy atom. The maximum Gasteiger partial charge on any atom is 0.305 e. The molecule has 1 fully saturated rings. The maximum atomic E-state index is 12.4. The quantitative estimate of drug-likeness (QED) is 0.908. The Bertz CT molecular complexity index is 523. The summed E-state index contributed by atoms with van der Waals surface area (Å²) in [6.45, 7) is 0.208. The standard InChI is InChI=1S/C12H14Cl2N2O3/c1-15-9(6-8(13)11(15)14)12(19)16(7-2-3-7)5-4-10(17)18/h6-7H,2-5H2,1H3,(H,17,18). The lowest BCUT2D eigenvalue weighted by molar-refractivity contribution is -0.137. The molecule has 0 aliphatic heterocycles. The summed E-state index contributed by atoms with van der Waals surface area (Å²) < 4.78 is 1.52. The van der Waals surface area contributed by atoms with E-state index < -0.39 is 5.97 Å².